The summed E-state index contributed by atoms with van der Waals surface area (Å²) in [6, 6.07) is 0. The van der Waals surface area contributed by atoms with Crippen LogP contribution in [0.3, 0.4) is 0 Å². The van der Waals surface area contributed by atoms with Gasteiger partial charge in [-0.2, -0.15) is 0 Å². The summed E-state index contributed by atoms with van der Waals surface area (Å²) in [7, 11) is 2.75. The molecule has 2 fully saturated rings. The van der Waals surface area contributed by atoms with Crippen LogP contribution < -0.4 is 0 Å². The van der Waals surface area contributed by atoms with Gasteiger partial charge in [0.2, 0.25) is 11.8 Å². The minimum Gasteiger partial charge on any atom is -0.273 e. The highest BCUT2D eigenvalue weighted by Gasteiger charge is 2.43. The molecule has 2 heterocycles. The fourth-order valence-electron chi connectivity index (χ4n) is 1.64. The number of hydrogen-bond acceptors (Lipinski definition) is 6. The van der Waals surface area contributed by atoms with Crippen molar-refractivity contribution >= 4 is 57.3 Å². The molecule has 0 atom stereocenters. The normalized spacial score (nSPS) is 26.2. The minimum atomic E-state index is -0.200. The van der Waals surface area contributed by atoms with Crippen molar-refractivity contribution in [2.24, 2.45) is 0 Å². The predicted molar refractivity (Wildman–Crippen MR) is 81.9 cm³/mol. The van der Waals surface area contributed by atoms with Crippen LogP contribution in [0.2, 0.25) is 0 Å². The largest absolute Gasteiger partial charge is 0.273 e. The van der Waals surface area contributed by atoms with E-state index in [0.717, 1.165) is 0 Å². The molecule has 0 N–H and O–H groups in total. The van der Waals surface area contributed by atoms with Crippen molar-refractivity contribution in [1.82, 2.24) is 8.61 Å². The molecule has 102 valence electrons. The van der Waals surface area contributed by atoms with Crippen LogP contribution in [0.5, 0.6) is 0 Å². The summed E-state index contributed by atoms with van der Waals surface area (Å²) in [5.41, 5.74) is 0. The van der Waals surface area contributed by atoms with Gasteiger partial charge in [0.1, 0.15) is 0 Å². The van der Waals surface area contributed by atoms with Crippen LogP contribution in [0.4, 0.5) is 0 Å². The smallest absolute Gasteiger partial charge is 0.244 e. The van der Waals surface area contributed by atoms with E-state index >= 15 is 0 Å². The maximum atomic E-state index is 11.8. The Kier molecular flexibility index (Phi) is 4.12. The monoisotopic (exact) mass is 324 g/mol. The van der Waals surface area contributed by atoms with Crippen LogP contribution in [0.15, 0.2) is 0 Å². The molecule has 0 spiro atoms. The van der Waals surface area contributed by atoms with E-state index in [1.807, 2.05) is 27.7 Å². The van der Waals surface area contributed by atoms with Crippen molar-refractivity contribution in [2.45, 2.75) is 37.4 Å². The zero-order valence-electron chi connectivity index (χ0n) is 10.8. The molecular weight excluding hydrogens is 308 g/mol. The number of carbonyl (C=O) groups is 2. The number of nitrogens with zero attached hydrogens (tertiary/aromatic N) is 2. The Labute approximate surface area is 124 Å². The summed E-state index contributed by atoms with van der Waals surface area (Å²) >= 11 is 3.26. The van der Waals surface area contributed by atoms with Gasteiger partial charge in [0.05, 0.1) is 21.2 Å². The lowest BCUT2D eigenvalue weighted by Crippen LogP contribution is -2.36. The number of amides is 2. The first-order valence-corrected chi connectivity index (χ1v) is 9.56. The van der Waals surface area contributed by atoms with Gasteiger partial charge in [-0.05, 0) is 27.7 Å². The highest BCUT2D eigenvalue weighted by atomic mass is 33.1. The molecule has 2 amide bonds. The highest BCUT2D eigenvalue weighted by Crippen LogP contribution is 2.49. The molecule has 2 rings (SSSR count). The Balaban J connectivity index is 1.99. The molecule has 2 aliphatic rings. The second kappa shape index (κ2) is 5.03. The third kappa shape index (κ3) is 2.76. The van der Waals surface area contributed by atoms with E-state index in [1.54, 1.807) is 32.1 Å². The summed E-state index contributed by atoms with van der Waals surface area (Å²) in [6.07, 6.45) is 0. The first kappa shape index (κ1) is 14.7. The molecular formula is C10H16N2O2S4. The molecule has 2 saturated heterocycles. The van der Waals surface area contributed by atoms with Crippen molar-refractivity contribution in [1.29, 1.82) is 0 Å². The Morgan fingerprint density at radius 3 is 1.44 bits per heavy atom. The number of hydrogen-bond donors (Lipinski definition) is 0. The van der Waals surface area contributed by atoms with Crippen molar-refractivity contribution in [3.8, 4) is 0 Å². The summed E-state index contributed by atoms with van der Waals surface area (Å²) in [5.74, 6) is 1.29. The summed E-state index contributed by atoms with van der Waals surface area (Å²) in [5, 5.41) is 0. The molecule has 0 aromatic rings. The Hall–Kier alpha value is 0.340. The van der Waals surface area contributed by atoms with E-state index in [2.05, 4.69) is 0 Å². The summed E-state index contributed by atoms with van der Waals surface area (Å²) < 4.78 is 3.54. The lowest BCUT2D eigenvalue weighted by molar-refractivity contribution is -0.124. The van der Waals surface area contributed by atoms with Crippen LogP contribution in [0.1, 0.15) is 27.7 Å². The molecule has 0 bridgehead atoms. The van der Waals surface area contributed by atoms with E-state index in [0.29, 0.717) is 11.5 Å². The molecule has 0 radical (unpaired) electrons. The number of thioether (sulfide) groups is 2. The van der Waals surface area contributed by atoms with Crippen molar-refractivity contribution in [3.63, 3.8) is 0 Å². The Morgan fingerprint density at radius 2 is 1.22 bits per heavy atom. The van der Waals surface area contributed by atoms with Gasteiger partial charge >= 0.3 is 0 Å². The molecule has 0 aromatic heterocycles. The third-order valence-corrected chi connectivity index (χ3v) is 8.28. The van der Waals surface area contributed by atoms with E-state index in [4.69, 9.17) is 0 Å². The van der Waals surface area contributed by atoms with Crippen LogP contribution in [-0.4, -0.2) is 41.7 Å². The average Bonchev–Trinajstić information content (AvgIpc) is 2.66. The van der Waals surface area contributed by atoms with Crippen LogP contribution in [-0.2, 0) is 9.59 Å². The Morgan fingerprint density at radius 1 is 0.889 bits per heavy atom. The Bertz CT molecular complexity index is 350. The third-order valence-electron chi connectivity index (χ3n) is 2.71. The van der Waals surface area contributed by atoms with Gasteiger partial charge in [-0.3, -0.25) is 18.2 Å². The topological polar surface area (TPSA) is 40.6 Å². The standard InChI is InChI=1S/C10H16N2O2S4/c1-9(2)11(7(13)5-15-9)17-18-12-8(14)6-16-10(12,3)4/h5-6H2,1-4H3. The van der Waals surface area contributed by atoms with Crippen LogP contribution in [0.25, 0.3) is 0 Å². The van der Waals surface area contributed by atoms with E-state index in [9.17, 15) is 9.59 Å². The highest BCUT2D eigenvalue weighted by molar-refractivity contribution is 8.75. The quantitative estimate of drug-likeness (QED) is 0.587. The first-order chi connectivity index (χ1) is 8.24. The van der Waals surface area contributed by atoms with Crippen molar-refractivity contribution < 1.29 is 9.59 Å². The van der Waals surface area contributed by atoms with Gasteiger partial charge in [0, 0.05) is 22.0 Å². The summed E-state index contributed by atoms with van der Waals surface area (Å²) in [6.45, 7) is 8.12. The lowest BCUT2D eigenvalue weighted by Gasteiger charge is -2.33. The molecule has 0 saturated carbocycles. The van der Waals surface area contributed by atoms with Gasteiger partial charge in [-0.1, -0.05) is 0 Å². The zero-order valence-corrected chi connectivity index (χ0v) is 14.0. The van der Waals surface area contributed by atoms with Gasteiger partial charge in [0.25, 0.3) is 0 Å². The SMILES string of the molecule is CC1(C)SCC(=O)N1SSN1C(=O)CSC1(C)C. The van der Waals surface area contributed by atoms with E-state index < -0.39 is 0 Å². The van der Waals surface area contributed by atoms with Crippen LogP contribution >= 0.6 is 45.5 Å². The molecule has 2 aliphatic heterocycles. The second-order valence-electron chi connectivity index (χ2n) is 5.00. The van der Waals surface area contributed by atoms with E-state index in [1.165, 1.54) is 22.0 Å². The fraction of sp³-hybridized carbons (Fsp3) is 0.800. The molecule has 0 aromatic carbocycles. The van der Waals surface area contributed by atoms with Gasteiger partial charge in [-0.25, -0.2) is 0 Å². The lowest BCUT2D eigenvalue weighted by atomic mass is 10.4. The predicted octanol–water partition coefficient (Wildman–Crippen LogP) is 2.82. The van der Waals surface area contributed by atoms with E-state index in [-0.39, 0.29) is 21.6 Å². The fourth-order valence-corrected chi connectivity index (χ4v) is 7.08. The minimum absolute atomic E-state index is 0.125. The molecule has 0 aliphatic carbocycles. The van der Waals surface area contributed by atoms with Crippen molar-refractivity contribution in [2.75, 3.05) is 11.5 Å². The van der Waals surface area contributed by atoms with Gasteiger partial charge < -0.3 is 0 Å². The molecule has 18 heavy (non-hydrogen) atoms. The molecule has 0 unspecified atom stereocenters. The number of carbonyl (C=O) groups excluding carboxylic acids is 2. The number of rotatable bonds is 3. The molecule has 4 nitrogen and oxygen atoms in total. The first-order valence-electron chi connectivity index (χ1n) is 5.53. The maximum Gasteiger partial charge on any atom is 0.244 e. The maximum absolute atomic E-state index is 11.8. The summed E-state index contributed by atoms with van der Waals surface area (Å²) in [4.78, 5) is 23.2. The second-order valence-corrected chi connectivity index (χ2v) is 10.1. The average molecular weight is 325 g/mol. The molecule has 8 heteroatoms. The van der Waals surface area contributed by atoms with Gasteiger partial charge in [-0.15, -0.1) is 23.5 Å². The van der Waals surface area contributed by atoms with Gasteiger partial charge in [0.15, 0.2) is 0 Å². The zero-order chi connectivity index (χ0) is 13.6. The van der Waals surface area contributed by atoms with Crippen LogP contribution in [0, 0.1) is 0 Å². The van der Waals surface area contributed by atoms with Crippen molar-refractivity contribution in [3.05, 3.63) is 0 Å².